The fourth-order valence-corrected chi connectivity index (χ4v) is 1.78. The van der Waals surface area contributed by atoms with Gasteiger partial charge in [-0.05, 0) is 19.1 Å². The Labute approximate surface area is 119 Å². The Hall–Kier alpha value is -2.41. The van der Waals surface area contributed by atoms with Crippen molar-refractivity contribution in [3.05, 3.63) is 40.7 Å². The van der Waals surface area contributed by atoms with Crippen LogP contribution in [0.15, 0.2) is 24.3 Å². The van der Waals surface area contributed by atoms with Gasteiger partial charge in [-0.15, -0.1) is 5.10 Å². The van der Waals surface area contributed by atoms with E-state index < -0.39 is 5.97 Å². The average Bonchev–Trinajstić information content (AvgIpc) is 2.74. The molecule has 0 saturated carbocycles. The normalized spacial score (nSPS) is 10.3. The lowest BCUT2D eigenvalue weighted by Gasteiger charge is -2.07. The van der Waals surface area contributed by atoms with Crippen LogP contribution in [0.5, 0.6) is 0 Å². The fraction of sp³-hybridized carbons (Fsp3) is 0.167. The predicted octanol–water partition coefficient (Wildman–Crippen LogP) is 1.58. The van der Waals surface area contributed by atoms with Crippen LogP contribution in [-0.2, 0) is 11.3 Å². The van der Waals surface area contributed by atoms with Crippen molar-refractivity contribution in [3.63, 3.8) is 0 Å². The summed E-state index contributed by atoms with van der Waals surface area (Å²) in [6, 6.07) is 6.81. The van der Waals surface area contributed by atoms with E-state index in [1.54, 1.807) is 24.3 Å². The first-order valence-electron chi connectivity index (χ1n) is 5.67. The molecule has 0 aliphatic carbocycles. The van der Waals surface area contributed by atoms with Gasteiger partial charge in [-0.1, -0.05) is 28.9 Å². The quantitative estimate of drug-likeness (QED) is 0.892. The van der Waals surface area contributed by atoms with E-state index in [-0.39, 0.29) is 18.1 Å². The summed E-state index contributed by atoms with van der Waals surface area (Å²) < 4.78 is 1.22. The van der Waals surface area contributed by atoms with Crippen molar-refractivity contribution < 1.29 is 14.7 Å². The first-order valence-corrected chi connectivity index (χ1v) is 6.04. The summed E-state index contributed by atoms with van der Waals surface area (Å²) in [6.07, 6.45) is 0. The molecule has 104 valence electrons. The van der Waals surface area contributed by atoms with E-state index in [4.69, 9.17) is 16.7 Å². The van der Waals surface area contributed by atoms with E-state index in [0.717, 1.165) is 0 Å². The van der Waals surface area contributed by atoms with Gasteiger partial charge in [0.25, 0.3) is 0 Å². The number of halogens is 1. The lowest BCUT2D eigenvalue weighted by Crippen LogP contribution is -2.20. The van der Waals surface area contributed by atoms with Gasteiger partial charge in [-0.3, -0.25) is 4.79 Å². The maximum absolute atomic E-state index is 11.9. The number of benzene rings is 1. The van der Waals surface area contributed by atoms with Gasteiger partial charge in [0.2, 0.25) is 5.91 Å². The number of carboxylic acid groups (broad SMARTS) is 1. The summed E-state index contributed by atoms with van der Waals surface area (Å²) in [5.74, 6) is -1.55. The number of aromatic carboxylic acids is 1. The predicted molar refractivity (Wildman–Crippen MR) is 71.8 cm³/mol. The van der Waals surface area contributed by atoms with E-state index in [0.29, 0.717) is 16.4 Å². The van der Waals surface area contributed by atoms with Crippen LogP contribution in [0.4, 0.5) is 5.69 Å². The van der Waals surface area contributed by atoms with Gasteiger partial charge in [-0.25, -0.2) is 9.48 Å². The topological polar surface area (TPSA) is 97.1 Å². The number of amides is 1. The third-order valence-electron chi connectivity index (χ3n) is 2.63. The number of anilines is 1. The average molecular weight is 295 g/mol. The number of hydrogen-bond acceptors (Lipinski definition) is 4. The van der Waals surface area contributed by atoms with Crippen LogP contribution in [0, 0.1) is 6.92 Å². The van der Waals surface area contributed by atoms with Gasteiger partial charge in [-0.2, -0.15) is 0 Å². The molecule has 2 aromatic rings. The Morgan fingerprint density at radius 3 is 2.70 bits per heavy atom. The van der Waals surface area contributed by atoms with Crippen LogP contribution in [0.2, 0.25) is 5.02 Å². The Morgan fingerprint density at radius 1 is 1.40 bits per heavy atom. The molecular weight excluding hydrogens is 284 g/mol. The third-order valence-corrected chi connectivity index (χ3v) is 2.96. The zero-order valence-electron chi connectivity index (χ0n) is 10.5. The van der Waals surface area contributed by atoms with Gasteiger partial charge in [0.05, 0.1) is 16.4 Å². The molecule has 1 amide bonds. The Bertz CT molecular complexity index is 668. The Kier molecular flexibility index (Phi) is 3.99. The minimum Gasteiger partial charge on any atom is -0.476 e. The molecule has 1 aromatic heterocycles. The van der Waals surface area contributed by atoms with Crippen molar-refractivity contribution in [2.24, 2.45) is 0 Å². The molecule has 2 rings (SSSR count). The maximum atomic E-state index is 11.9. The van der Waals surface area contributed by atoms with E-state index in [1.807, 2.05) is 0 Å². The largest absolute Gasteiger partial charge is 0.476 e. The van der Waals surface area contributed by atoms with Crippen LogP contribution in [-0.4, -0.2) is 32.0 Å². The summed E-state index contributed by atoms with van der Waals surface area (Å²) >= 11 is 5.92. The minimum atomic E-state index is -1.18. The van der Waals surface area contributed by atoms with Crippen LogP contribution in [0.1, 0.15) is 16.2 Å². The molecule has 1 aromatic carbocycles. The molecule has 2 N–H and O–H groups in total. The second-order valence-electron chi connectivity index (χ2n) is 4.01. The lowest BCUT2D eigenvalue weighted by molar-refractivity contribution is -0.117. The molecule has 0 bridgehead atoms. The molecule has 7 nitrogen and oxygen atoms in total. The van der Waals surface area contributed by atoms with Crippen molar-refractivity contribution in [2.75, 3.05) is 5.32 Å². The highest BCUT2D eigenvalue weighted by Gasteiger charge is 2.17. The molecular formula is C12H11ClN4O3. The number of rotatable bonds is 4. The van der Waals surface area contributed by atoms with Gasteiger partial charge >= 0.3 is 5.97 Å². The first kappa shape index (κ1) is 14.0. The first-order chi connectivity index (χ1) is 9.49. The van der Waals surface area contributed by atoms with Gasteiger partial charge < -0.3 is 10.4 Å². The standard InChI is InChI=1S/C12H11ClN4O3/c1-7-11(12(19)20)15-16-17(7)6-10(18)14-9-5-3-2-4-8(9)13/h2-5H,6H2,1H3,(H,14,18)(H,19,20). The second kappa shape index (κ2) is 5.70. The van der Waals surface area contributed by atoms with E-state index in [1.165, 1.54) is 11.6 Å². The number of carbonyl (C=O) groups is 2. The van der Waals surface area contributed by atoms with Crippen molar-refractivity contribution in [1.82, 2.24) is 15.0 Å². The number of para-hydroxylation sites is 1. The highest BCUT2D eigenvalue weighted by atomic mass is 35.5. The van der Waals surface area contributed by atoms with Crippen molar-refractivity contribution >= 4 is 29.2 Å². The molecule has 1 heterocycles. The second-order valence-corrected chi connectivity index (χ2v) is 4.42. The number of nitrogens with zero attached hydrogens (tertiary/aromatic N) is 3. The zero-order valence-corrected chi connectivity index (χ0v) is 11.3. The van der Waals surface area contributed by atoms with Crippen molar-refractivity contribution in [1.29, 1.82) is 0 Å². The lowest BCUT2D eigenvalue weighted by atomic mass is 10.3. The SMILES string of the molecule is Cc1c(C(=O)O)nnn1CC(=O)Nc1ccccc1Cl. The van der Waals surface area contributed by atoms with Gasteiger partial charge in [0.1, 0.15) is 6.54 Å². The molecule has 8 heteroatoms. The Morgan fingerprint density at radius 2 is 2.10 bits per heavy atom. The monoisotopic (exact) mass is 294 g/mol. The molecule has 0 unspecified atom stereocenters. The van der Waals surface area contributed by atoms with Crippen LogP contribution >= 0.6 is 11.6 Å². The van der Waals surface area contributed by atoms with E-state index >= 15 is 0 Å². The molecule has 0 aliphatic heterocycles. The molecule has 0 atom stereocenters. The third kappa shape index (κ3) is 2.94. The summed E-state index contributed by atoms with van der Waals surface area (Å²) in [5, 5.41) is 19.0. The molecule has 0 fully saturated rings. The maximum Gasteiger partial charge on any atom is 0.358 e. The number of nitrogens with one attached hydrogen (secondary N) is 1. The number of carboxylic acids is 1. The smallest absolute Gasteiger partial charge is 0.358 e. The van der Waals surface area contributed by atoms with Crippen LogP contribution in [0.3, 0.4) is 0 Å². The van der Waals surface area contributed by atoms with Crippen LogP contribution in [0.25, 0.3) is 0 Å². The summed E-state index contributed by atoms with van der Waals surface area (Å²) in [5.41, 5.74) is 0.623. The number of hydrogen-bond donors (Lipinski definition) is 2. The van der Waals surface area contributed by atoms with E-state index in [2.05, 4.69) is 15.6 Å². The fourth-order valence-electron chi connectivity index (χ4n) is 1.60. The zero-order chi connectivity index (χ0) is 14.7. The number of aromatic nitrogens is 3. The highest BCUT2D eigenvalue weighted by molar-refractivity contribution is 6.33. The molecule has 0 radical (unpaired) electrons. The summed E-state index contributed by atoms with van der Waals surface area (Å²) in [4.78, 5) is 22.7. The summed E-state index contributed by atoms with van der Waals surface area (Å²) in [7, 11) is 0. The van der Waals surface area contributed by atoms with Gasteiger partial charge in [0, 0.05) is 0 Å². The summed E-state index contributed by atoms with van der Waals surface area (Å²) in [6.45, 7) is 1.39. The Balaban J connectivity index is 2.09. The minimum absolute atomic E-state index is 0.142. The van der Waals surface area contributed by atoms with Crippen molar-refractivity contribution in [3.8, 4) is 0 Å². The van der Waals surface area contributed by atoms with Gasteiger partial charge in [0.15, 0.2) is 5.69 Å². The van der Waals surface area contributed by atoms with Crippen molar-refractivity contribution in [2.45, 2.75) is 13.5 Å². The molecule has 0 spiro atoms. The highest BCUT2D eigenvalue weighted by Crippen LogP contribution is 2.20. The molecule has 0 aliphatic rings. The molecule has 0 saturated heterocycles. The number of carbonyl (C=O) groups excluding carboxylic acids is 1. The molecule has 20 heavy (non-hydrogen) atoms. The van der Waals surface area contributed by atoms with E-state index in [9.17, 15) is 9.59 Å². The van der Waals surface area contributed by atoms with Crippen LogP contribution < -0.4 is 5.32 Å².